The molecule has 7 heteroatoms. The second-order valence-electron chi connectivity index (χ2n) is 6.39. The Morgan fingerprint density at radius 1 is 1.04 bits per heavy atom. The molecule has 1 N–H and O–H groups in total. The van der Waals surface area contributed by atoms with Gasteiger partial charge >= 0.3 is 0 Å². The number of piperazine rings is 1. The SMILES string of the molecule is CC(C)c1ccoc1C(=O)N1CCN(C(=O)c2ccc(=O)[nH]c2)CC1. The summed E-state index contributed by atoms with van der Waals surface area (Å²) in [5.41, 5.74) is 1.09. The van der Waals surface area contributed by atoms with E-state index in [0.29, 0.717) is 37.5 Å². The van der Waals surface area contributed by atoms with Gasteiger partial charge in [0, 0.05) is 44.0 Å². The van der Waals surface area contributed by atoms with Gasteiger partial charge in [0.15, 0.2) is 5.76 Å². The molecule has 25 heavy (non-hydrogen) atoms. The number of rotatable bonds is 3. The van der Waals surface area contributed by atoms with E-state index in [1.54, 1.807) is 16.1 Å². The number of carbonyl (C=O) groups excluding carboxylic acids is 2. The van der Waals surface area contributed by atoms with Crippen LogP contribution in [0.2, 0.25) is 0 Å². The zero-order valence-corrected chi connectivity index (χ0v) is 14.3. The molecule has 1 saturated heterocycles. The maximum absolute atomic E-state index is 12.7. The molecule has 0 unspecified atom stereocenters. The quantitative estimate of drug-likeness (QED) is 0.919. The van der Waals surface area contributed by atoms with Gasteiger partial charge in [-0.3, -0.25) is 14.4 Å². The first-order chi connectivity index (χ1) is 12.0. The number of H-pyrrole nitrogens is 1. The fourth-order valence-corrected chi connectivity index (χ4v) is 2.93. The molecule has 1 aliphatic rings. The Balaban J connectivity index is 1.64. The molecule has 1 fully saturated rings. The van der Waals surface area contributed by atoms with E-state index in [1.807, 2.05) is 19.9 Å². The zero-order chi connectivity index (χ0) is 18.0. The predicted octanol–water partition coefficient (Wildman–Crippen LogP) is 1.69. The van der Waals surface area contributed by atoms with Crippen molar-refractivity contribution >= 4 is 11.8 Å². The molecule has 0 radical (unpaired) electrons. The molecule has 3 heterocycles. The lowest BCUT2D eigenvalue weighted by Gasteiger charge is -2.34. The lowest BCUT2D eigenvalue weighted by molar-refractivity contribution is 0.0516. The Kier molecular flexibility index (Phi) is 4.74. The lowest BCUT2D eigenvalue weighted by Crippen LogP contribution is -2.50. The van der Waals surface area contributed by atoms with E-state index in [9.17, 15) is 14.4 Å². The van der Waals surface area contributed by atoms with Crippen LogP contribution in [-0.2, 0) is 0 Å². The fourth-order valence-electron chi connectivity index (χ4n) is 2.93. The molecule has 0 spiro atoms. The first-order valence-electron chi connectivity index (χ1n) is 8.32. The Hall–Kier alpha value is -2.83. The van der Waals surface area contributed by atoms with Crippen LogP contribution in [-0.4, -0.2) is 52.8 Å². The van der Waals surface area contributed by atoms with Gasteiger partial charge in [-0.1, -0.05) is 13.8 Å². The lowest BCUT2D eigenvalue weighted by atomic mass is 10.0. The minimum absolute atomic E-state index is 0.134. The Morgan fingerprint density at radius 2 is 1.68 bits per heavy atom. The smallest absolute Gasteiger partial charge is 0.289 e. The summed E-state index contributed by atoms with van der Waals surface area (Å²) in [6.07, 6.45) is 2.96. The van der Waals surface area contributed by atoms with Gasteiger partial charge in [-0.25, -0.2) is 0 Å². The van der Waals surface area contributed by atoms with Gasteiger partial charge in [0.1, 0.15) is 0 Å². The summed E-state index contributed by atoms with van der Waals surface area (Å²) in [5.74, 6) is 0.310. The summed E-state index contributed by atoms with van der Waals surface area (Å²) in [6, 6.07) is 4.67. The molecule has 0 atom stereocenters. The van der Waals surface area contributed by atoms with Crippen LogP contribution < -0.4 is 5.56 Å². The average molecular weight is 343 g/mol. The van der Waals surface area contributed by atoms with Gasteiger partial charge in [0.05, 0.1) is 11.8 Å². The van der Waals surface area contributed by atoms with Gasteiger partial charge < -0.3 is 19.2 Å². The summed E-state index contributed by atoms with van der Waals surface area (Å²) < 4.78 is 5.39. The molecule has 7 nitrogen and oxygen atoms in total. The van der Waals surface area contributed by atoms with Crippen LogP contribution in [0, 0.1) is 0 Å². The third-order valence-corrected chi connectivity index (χ3v) is 4.40. The number of amides is 2. The highest BCUT2D eigenvalue weighted by Gasteiger charge is 2.28. The molecule has 132 valence electrons. The van der Waals surface area contributed by atoms with E-state index in [2.05, 4.69) is 4.98 Å². The van der Waals surface area contributed by atoms with Crippen molar-refractivity contribution in [2.75, 3.05) is 26.2 Å². The van der Waals surface area contributed by atoms with Crippen LogP contribution in [0.15, 0.2) is 39.9 Å². The van der Waals surface area contributed by atoms with Crippen molar-refractivity contribution in [2.24, 2.45) is 0 Å². The highest BCUT2D eigenvalue weighted by atomic mass is 16.3. The van der Waals surface area contributed by atoms with Gasteiger partial charge in [-0.15, -0.1) is 0 Å². The van der Waals surface area contributed by atoms with E-state index < -0.39 is 0 Å². The minimum Gasteiger partial charge on any atom is -0.459 e. The number of nitrogens with zero attached hydrogens (tertiary/aromatic N) is 2. The largest absolute Gasteiger partial charge is 0.459 e. The molecule has 2 aromatic heterocycles. The number of aromatic amines is 1. The normalized spacial score (nSPS) is 14.8. The van der Waals surface area contributed by atoms with E-state index in [1.165, 1.54) is 18.3 Å². The van der Waals surface area contributed by atoms with Crippen molar-refractivity contribution in [1.82, 2.24) is 14.8 Å². The maximum atomic E-state index is 12.7. The first kappa shape index (κ1) is 17.0. The predicted molar refractivity (Wildman–Crippen MR) is 91.7 cm³/mol. The van der Waals surface area contributed by atoms with Gasteiger partial charge in [-0.05, 0) is 18.1 Å². The van der Waals surface area contributed by atoms with Gasteiger partial charge in [-0.2, -0.15) is 0 Å². The van der Waals surface area contributed by atoms with Crippen molar-refractivity contribution < 1.29 is 14.0 Å². The van der Waals surface area contributed by atoms with Crippen LogP contribution in [0.1, 0.15) is 46.2 Å². The third kappa shape index (κ3) is 3.50. The molecule has 0 saturated carbocycles. The average Bonchev–Trinajstić information content (AvgIpc) is 3.11. The van der Waals surface area contributed by atoms with Crippen molar-refractivity contribution in [2.45, 2.75) is 19.8 Å². The van der Waals surface area contributed by atoms with Crippen molar-refractivity contribution in [3.63, 3.8) is 0 Å². The van der Waals surface area contributed by atoms with Crippen LogP contribution in [0.3, 0.4) is 0 Å². The van der Waals surface area contributed by atoms with Crippen LogP contribution >= 0.6 is 0 Å². The maximum Gasteiger partial charge on any atom is 0.289 e. The molecular weight excluding hydrogens is 322 g/mol. The highest BCUT2D eigenvalue weighted by Crippen LogP contribution is 2.22. The Bertz CT molecular complexity index is 808. The first-order valence-corrected chi connectivity index (χ1v) is 8.32. The van der Waals surface area contributed by atoms with Crippen LogP contribution in [0.25, 0.3) is 0 Å². The Morgan fingerprint density at radius 3 is 2.24 bits per heavy atom. The number of carbonyl (C=O) groups is 2. The number of pyridine rings is 1. The van der Waals surface area contributed by atoms with Crippen LogP contribution in [0.4, 0.5) is 0 Å². The number of aromatic nitrogens is 1. The van der Waals surface area contributed by atoms with E-state index >= 15 is 0 Å². The van der Waals surface area contributed by atoms with E-state index in [4.69, 9.17) is 4.42 Å². The Labute approximate surface area is 145 Å². The molecular formula is C18H21N3O4. The summed E-state index contributed by atoms with van der Waals surface area (Å²) in [6.45, 7) is 5.83. The summed E-state index contributed by atoms with van der Waals surface area (Å²) in [4.78, 5) is 42.1. The molecule has 1 aliphatic heterocycles. The molecule has 0 aromatic carbocycles. The fraction of sp³-hybridized carbons (Fsp3) is 0.389. The summed E-state index contributed by atoms with van der Waals surface area (Å²) in [7, 11) is 0. The molecule has 3 rings (SSSR count). The third-order valence-electron chi connectivity index (χ3n) is 4.40. The zero-order valence-electron chi connectivity index (χ0n) is 14.3. The monoisotopic (exact) mass is 343 g/mol. The van der Waals surface area contributed by atoms with Gasteiger partial charge in [0.2, 0.25) is 5.56 Å². The standard InChI is InChI=1S/C18H21N3O4/c1-12(2)14-5-10-25-16(14)18(24)21-8-6-20(7-9-21)17(23)13-3-4-15(22)19-11-13/h3-5,10-12H,6-9H2,1-2H3,(H,19,22). The molecule has 0 bridgehead atoms. The second kappa shape index (κ2) is 6.96. The number of hydrogen-bond acceptors (Lipinski definition) is 4. The number of furan rings is 1. The highest BCUT2D eigenvalue weighted by molar-refractivity contribution is 5.95. The summed E-state index contributed by atoms with van der Waals surface area (Å²) >= 11 is 0. The molecule has 2 amide bonds. The molecule has 0 aliphatic carbocycles. The van der Waals surface area contributed by atoms with Gasteiger partial charge in [0.25, 0.3) is 11.8 Å². The topological polar surface area (TPSA) is 86.6 Å². The van der Waals surface area contributed by atoms with Crippen molar-refractivity contribution in [3.8, 4) is 0 Å². The van der Waals surface area contributed by atoms with E-state index in [-0.39, 0.29) is 23.3 Å². The minimum atomic E-state index is -0.244. The van der Waals surface area contributed by atoms with Crippen molar-refractivity contribution in [1.29, 1.82) is 0 Å². The number of nitrogens with one attached hydrogen (secondary N) is 1. The molecule has 2 aromatic rings. The second-order valence-corrected chi connectivity index (χ2v) is 6.39. The van der Waals surface area contributed by atoms with E-state index in [0.717, 1.165) is 5.56 Å². The number of hydrogen-bond donors (Lipinski definition) is 1. The summed E-state index contributed by atoms with van der Waals surface area (Å²) in [5, 5.41) is 0. The van der Waals surface area contributed by atoms with Crippen molar-refractivity contribution in [3.05, 3.63) is 57.9 Å². The van der Waals surface area contributed by atoms with Crippen LogP contribution in [0.5, 0.6) is 0 Å².